The molecule has 1 heterocycles. The van der Waals surface area contributed by atoms with E-state index in [0.29, 0.717) is 28.2 Å². The molecule has 3 nitrogen and oxygen atoms in total. The lowest BCUT2D eigenvalue weighted by atomic mass is 10.2. The van der Waals surface area contributed by atoms with E-state index in [2.05, 4.69) is 38.5 Å². The van der Waals surface area contributed by atoms with Crippen LogP contribution in [0.3, 0.4) is 0 Å². The van der Waals surface area contributed by atoms with Gasteiger partial charge >= 0.3 is 0 Å². The Morgan fingerprint density at radius 3 is 2.48 bits per heavy atom. The van der Waals surface area contributed by atoms with Gasteiger partial charge in [0.05, 0.1) is 10.0 Å². The highest BCUT2D eigenvalue weighted by Gasteiger charge is 2.09. The second-order valence-electron chi connectivity index (χ2n) is 4.56. The van der Waals surface area contributed by atoms with Crippen molar-refractivity contribution in [3.05, 3.63) is 50.4 Å². The zero-order chi connectivity index (χ0) is 15.2. The van der Waals surface area contributed by atoms with Gasteiger partial charge in [0.1, 0.15) is 11.6 Å². The van der Waals surface area contributed by atoms with Gasteiger partial charge in [-0.2, -0.15) is 0 Å². The van der Waals surface area contributed by atoms with Gasteiger partial charge in [-0.05, 0) is 30.2 Å². The van der Waals surface area contributed by atoms with Crippen LogP contribution in [0, 0.1) is 0 Å². The van der Waals surface area contributed by atoms with Crippen molar-refractivity contribution in [2.24, 2.45) is 0 Å². The molecule has 1 aromatic heterocycles. The Morgan fingerprint density at radius 2 is 1.81 bits per heavy atom. The van der Waals surface area contributed by atoms with E-state index in [4.69, 9.17) is 23.2 Å². The Bertz CT molecular complexity index is 620. The minimum absolute atomic E-state index is 0.511. The van der Waals surface area contributed by atoms with Crippen molar-refractivity contribution in [2.45, 2.75) is 19.9 Å². The van der Waals surface area contributed by atoms with Gasteiger partial charge in [-0.25, -0.2) is 4.98 Å². The molecule has 0 bridgehead atoms. The van der Waals surface area contributed by atoms with Crippen LogP contribution in [0.4, 0.5) is 11.6 Å². The lowest BCUT2D eigenvalue weighted by molar-refractivity contribution is 0.968. The van der Waals surface area contributed by atoms with Crippen LogP contribution >= 0.6 is 39.1 Å². The number of benzene rings is 1. The number of pyridine rings is 1. The summed E-state index contributed by atoms with van der Waals surface area (Å²) >= 11 is 15.8. The molecule has 6 heteroatoms. The predicted molar refractivity (Wildman–Crippen MR) is 94.5 cm³/mol. The third-order valence-electron chi connectivity index (χ3n) is 2.82. The molecular formula is C15H16BrCl2N3. The van der Waals surface area contributed by atoms with Crippen molar-refractivity contribution in [1.29, 1.82) is 0 Å². The fraction of sp³-hybridized carbons (Fsp3) is 0.267. The third kappa shape index (κ3) is 4.77. The van der Waals surface area contributed by atoms with E-state index in [9.17, 15) is 0 Å². The minimum Gasteiger partial charge on any atom is -0.369 e. The number of nitrogens with zero attached hydrogens (tertiary/aromatic N) is 1. The van der Waals surface area contributed by atoms with E-state index in [1.807, 2.05) is 24.3 Å². The van der Waals surface area contributed by atoms with Crippen molar-refractivity contribution in [3.8, 4) is 0 Å². The van der Waals surface area contributed by atoms with Gasteiger partial charge in [0.25, 0.3) is 0 Å². The molecule has 0 spiro atoms. The average Bonchev–Trinajstić information content (AvgIpc) is 2.45. The van der Waals surface area contributed by atoms with E-state index < -0.39 is 0 Å². The summed E-state index contributed by atoms with van der Waals surface area (Å²) in [5, 5.41) is 7.47. The maximum Gasteiger partial charge on any atom is 0.147 e. The maximum atomic E-state index is 6.19. The topological polar surface area (TPSA) is 37.0 Å². The fourth-order valence-corrected chi connectivity index (χ4v) is 2.73. The summed E-state index contributed by atoms with van der Waals surface area (Å²) in [5.74, 6) is 1.28. The lowest BCUT2D eigenvalue weighted by Crippen LogP contribution is -2.07. The molecule has 2 N–H and O–H groups in total. The molecule has 0 aliphatic rings. The third-order valence-corrected chi connectivity index (χ3v) is 3.89. The Balaban J connectivity index is 2.11. The summed E-state index contributed by atoms with van der Waals surface area (Å²) in [6.45, 7) is 3.55. The molecule has 2 aromatic rings. The van der Waals surface area contributed by atoms with Crippen molar-refractivity contribution in [1.82, 2.24) is 4.98 Å². The van der Waals surface area contributed by atoms with Crippen LogP contribution < -0.4 is 10.6 Å². The van der Waals surface area contributed by atoms with E-state index in [1.54, 1.807) is 6.07 Å². The zero-order valence-corrected chi connectivity index (χ0v) is 14.7. The van der Waals surface area contributed by atoms with Gasteiger partial charge in [0, 0.05) is 17.6 Å². The van der Waals surface area contributed by atoms with Gasteiger partial charge in [0.2, 0.25) is 0 Å². The van der Waals surface area contributed by atoms with E-state index >= 15 is 0 Å². The molecule has 0 aliphatic carbocycles. The van der Waals surface area contributed by atoms with Gasteiger partial charge < -0.3 is 10.6 Å². The number of nitrogens with one attached hydrogen (secondary N) is 2. The van der Waals surface area contributed by atoms with Crippen LogP contribution in [-0.2, 0) is 6.54 Å². The molecule has 0 saturated heterocycles. The van der Waals surface area contributed by atoms with Crippen LogP contribution in [0.15, 0.2) is 34.8 Å². The summed E-state index contributed by atoms with van der Waals surface area (Å²) in [5.41, 5.74) is 1.14. The number of anilines is 2. The minimum atomic E-state index is 0.511. The monoisotopic (exact) mass is 387 g/mol. The summed E-state index contributed by atoms with van der Waals surface area (Å²) in [4.78, 5) is 4.45. The fourth-order valence-electron chi connectivity index (χ4n) is 1.79. The largest absolute Gasteiger partial charge is 0.369 e. The highest BCUT2D eigenvalue weighted by atomic mass is 79.9. The van der Waals surface area contributed by atoms with Crippen LogP contribution in [0.25, 0.3) is 0 Å². The molecule has 0 atom stereocenters. The first-order valence-corrected chi connectivity index (χ1v) is 8.23. The molecule has 0 fully saturated rings. The van der Waals surface area contributed by atoms with E-state index in [0.717, 1.165) is 23.0 Å². The highest BCUT2D eigenvalue weighted by molar-refractivity contribution is 9.10. The lowest BCUT2D eigenvalue weighted by Gasteiger charge is -2.12. The highest BCUT2D eigenvalue weighted by Crippen LogP contribution is 2.29. The van der Waals surface area contributed by atoms with Crippen LogP contribution in [-0.4, -0.2) is 11.5 Å². The molecular weight excluding hydrogens is 373 g/mol. The predicted octanol–water partition coefficient (Wildman–Crippen LogP) is 5.58. The first-order valence-electron chi connectivity index (χ1n) is 6.68. The number of hydrogen-bond acceptors (Lipinski definition) is 3. The number of halogens is 3. The van der Waals surface area contributed by atoms with Gasteiger partial charge in [0.15, 0.2) is 0 Å². The van der Waals surface area contributed by atoms with Crippen LogP contribution in [0.5, 0.6) is 0 Å². The van der Waals surface area contributed by atoms with Crippen LogP contribution in [0.1, 0.15) is 18.9 Å². The quantitative estimate of drug-likeness (QED) is 0.677. The Kier molecular flexibility index (Phi) is 6.15. The van der Waals surface area contributed by atoms with Crippen molar-refractivity contribution in [3.63, 3.8) is 0 Å². The van der Waals surface area contributed by atoms with E-state index in [-0.39, 0.29) is 0 Å². The molecule has 0 amide bonds. The molecule has 0 radical (unpaired) electrons. The summed E-state index contributed by atoms with van der Waals surface area (Å²) < 4.78 is 1.04. The first-order chi connectivity index (χ1) is 10.1. The molecule has 1 aromatic carbocycles. The molecule has 112 valence electrons. The first kappa shape index (κ1) is 16.4. The zero-order valence-electron chi connectivity index (χ0n) is 11.6. The van der Waals surface area contributed by atoms with Crippen molar-refractivity contribution in [2.75, 3.05) is 17.2 Å². The van der Waals surface area contributed by atoms with Crippen molar-refractivity contribution < 1.29 is 0 Å². The molecule has 21 heavy (non-hydrogen) atoms. The summed E-state index contributed by atoms with van der Waals surface area (Å²) in [7, 11) is 0. The molecule has 0 saturated carbocycles. The second kappa shape index (κ2) is 7.87. The van der Waals surface area contributed by atoms with Gasteiger partial charge in [-0.3, -0.25) is 0 Å². The molecule has 0 unspecified atom stereocenters. The Morgan fingerprint density at radius 1 is 1.10 bits per heavy atom. The molecule has 0 aliphatic heterocycles. The SMILES string of the molecule is CCCNc1nc(NCc2cccc(Br)c2)c(Cl)cc1Cl. The standard InChI is InChI=1S/C15H16BrCl2N3/c1-2-6-19-14-12(17)8-13(18)15(21-14)20-9-10-4-3-5-11(16)7-10/h3-5,7-8H,2,6,9H2,1H3,(H2,19,20,21). The second-order valence-corrected chi connectivity index (χ2v) is 6.29. The maximum absolute atomic E-state index is 6.19. The Hall–Kier alpha value is -0.970. The smallest absolute Gasteiger partial charge is 0.147 e. The van der Waals surface area contributed by atoms with Crippen molar-refractivity contribution >= 4 is 50.8 Å². The average molecular weight is 389 g/mol. The summed E-state index contributed by atoms with van der Waals surface area (Å²) in [6, 6.07) is 9.78. The number of hydrogen-bond donors (Lipinski definition) is 2. The number of rotatable bonds is 6. The molecule has 2 rings (SSSR count). The van der Waals surface area contributed by atoms with Gasteiger partial charge in [-0.1, -0.05) is 58.2 Å². The normalized spacial score (nSPS) is 10.5. The van der Waals surface area contributed by atoms with Gasteiger partial charge in [-0.15, -0.1) is 0 Å². The van der Waals surface area contributed by atoms with E-state index in [1.165, 1.54) is 0 Å². The van der Waals surface area contributed by atoms with Crippen LogP contribution in [0.2, 0.25) is 10.0 Å². The Labute approximate surface area is 143 Å². The summed E-state index contributed by atoms with van der Waals surface area (Å²) in [6.07, 6.45) is 1.00. The number of aromatic nitrogens is 1.